The van der Waals surface area contributed by atoms with Gasteiger partial charge in [0.25, 0.3) is 0 Å². The summed E-state index contributed by atoms with van der Waals surface area (Å²) in [5.41, 5.74) is 1.39. The van der Waals surface area contributed by atoms with Crippen LogP contribution in [0, 0.1) is 0 Å². The average molecular weight is 305 g/mol. The maximum absolute atomic E-state index is 3.53. The van der Waals surface area contributed by atoms with E-state index >= 15 is 0 Å². The van der Waals surface area contributed by atoms with Crippen LogP contribution < -0.4 is 21.3 Å². The molecule has 2 rings (SSSR count). The second-order valence-electron chi connectivity index (χ2n) is 5.76. The Morgan fingerprint density at radius 3 is 1.59 bits per heavy atom. The van der Waals surface area contributed by atoms with Crippen molar-refractivity contribution in [2.24, 2.45) is 0 Å². The van der Waals surface area contributed by atoms with Crippen LogP contribution in [0.3, 0.4) is 0 Å². The molecule has 0 amide bonds. The molecule has 1 aromatic carbocycles. The van der Waals surface area contributed by atoms with Crippen molar-refractivity contribution >= 4 is 0 Å². The number of benzene rings is 1. The molecule has 1 saturated heterocycles. The molecule has 0 spiro atoms. The van der Waals surface area contributed by atoms with Crippen molar-refractivity contribution in [2.75, 3.05) is 65.4 Å². The van der Waals surface area contributed by atoms with Crippen LogP contribution in [-0.2, 0) is 6.54 Å². The lowest BCUT2D eigenvalue weighted by atomic mass is 10.2. The number of hydrogen-bond donors (Lipinski definition) is 4. The lowest BCUT2D eigenvalue weighted by molar-refractivity contribution is 0.265. The van der Waals surface area contributed by atoms with Gasteiger partial charge in [-0.25, -0.2) is 0 Å². The summed E-state index contributed by atoms with van der Waals surface area (Å²) < 4.78 is 0. The second kappa shape index (κ2) is 11.6. The number of nitrogens with one attached hydrogen (secondary N) is 4. The Morgan fingerprint density at radius 2 is 1.09 bits per heavy atom. The van der Waals surface area contributed by atoms with Gasteiger partial charge in [-0.2, -0.15) is 0 Å². The molecule has 1 aliphatic rings. The molecule has 4 N–H and O–H groups in total. The number of rotatable bonds is 2. The Bertz CT molecular complexity index is 355. The quantitative estimate of drug-likeness (QED) is 0.613. The van der Waals surface area contributed by atoms with Crippen LogP contribution in [0.1, 0.15) is 5.56 Å². The van der Waals surface area contributed by atoms with Crippen molar-refractivity contribution in [3.63, 3.8) is 0 Å². The largest absolute Gasteiger partial charge is 0.314 e. The van der Waals surface area contributed by atoms with E-state index in [0.29, 0.717) is 0 Å². The topological polar surface area (TPSA) is 51.4 Å². The number of nitrogens with zero attached hydrogens (tertiary/aromatic N) is 1. The third kappa shape index (κ3) is 7.87. The van der Waals surface area contributed by atoms with E-state index in [1.807, 2.05) is 0 Å². The zero-order chi connectivity index (χ0) is 15.3. The Hall–Kier alpha value is -0.980. The molecule has 0 aromatic heterocycles. The van der Waals surface area contributed by atoms with E-state index in [4.69, 9.17) is 0 Å². The van der Waals surface area contributed by atoms with Crippen molar-refractivity contribution in [1.82, 2.24) is 26.2 Å². The maximum Gasteiger partial charge on any atom is 0.0234 e. The van der Waals surface area contributed by atoms with Gasteiger partial charge in [-0.3, -0.25) is 4.90 Å². The normalized spacial score (nSPS) is 20.9. The minimum atomic E-state index is 1.03. The molecular formula is C17H31N5. The monoisotopic (exact) mass is 305 g/mol. The molecule has 5 nitrogen and oxygen atoms in total. The second-order valence-corrected chi connectivity index (χ2v) is 5.76. The van der Waals surface area contributed by atoms with Crippen LogP contribution in [0.2, 0.25) is 0 Å². The molecule has 124 valence electrons. The SMILES string of the molecule is c1ccc(CN2CCNCCNCCNCCNCC2)cc1. The van der Waals surface area contributed by atoms with Crippen LogP contribution in [0.5, 0.6) is 0 Å². The molecule has 0 atom stereocenters. The van der Waals surface area contributed by atoms with Crippen LogP contribution in [0.15, 0.2) is 30.3 Å². The fourth-order valence-corrected chi connectivity index (χ4v) is 2.62. The average Bonchev–Trinajstić information content (AvgIpc) is 2.56. The zero-order valence-electron chi connectivity index (χ0n) is 13.6. The van der Waals surface area contributed by atoms with Crippen molar-refractivity contribution in [2.45, 2.75) is 6.54 Å². The summed E-state index contributed by atoms with van der Waals surface area (Å²) in [6.07, 6.45) is 0. The first-order valence-corrected chi connectivity index (χ1v) is 8.54. The molecule has 22 heavy (non-hydrogen) atoms. The summed E-state index contributed by atoms with van der Waals surface area (Å²) in [4.78, 5) is 2.52. The Morgan fingerprint density at radius 1 is 0.636 bits per heavy atom. The van der Waals surface area contributed by atoms with Gasteiger partial charge in [0.05, 0.1) is 0 Å². The maximum atomic E-state index is 3.53. The zero-order valence-corrected chi connectivity index (χ0v) is 13.6. The Kier molecular flexibility index (Phi) is 9.14. The molecule has 1 fully saturated rings. The highest BCUT2D eigenvalue weighted by atomic mass is 15.2. The summed E-state index contributed by atoms with van der Waals surface area (Å²) in [6.45, 7) is 11.6. The van der Waals surface area contributed by atoms with Gasteiger partial charge < -0.3 is 21.3 Å². The van der Waals surface area contributed by atoms with Crippen LogP contribution in [-0.4, -0.2) is 70.3 Å². The van der Waals surface area contributed by atoms with E-state index in [2.05, 4.69) is 56.5 Å². The van der Waals surface area contributed by atoms with Crippen LogP contribution in [0.25, 0.3) is 0 Å². The van der Waals surface area contributed by atoms with Crippen molar-refractivity contribution in [3.05, 3.63) is 35.9 Å². The van der Waals surface area contributed by atoms with Gasteiger partial charge in [-0.15, -0.1) is 0 Å². The molecule has 0 aliphatic carbocycles. The third-order valence-electron chi connectivity index (χ3n) is 3.89. The van der Waals surface area contributed by atoms with Gasteiger partial charge >= 0.3 is 0 Å². The number of hydrogen-bond acceptors (Lipinski definition) is 5. The lowest BCUT2D eigenvalue weighted by Crippen LogP contribution is -2.38. The van der Waals surface area contributed by atoms with Gasteiger partial charge in [-0.1, -0.05) is 30.3 Å². The fraction of sp³-hybridized carbons (Fsp3) is 0.647. The van der Waals surface area contributed by atoms with E-state index in [9.17, 15) is 0 Å². The fourth-order valence-electron chi connectivity index (χ4n) is 2.62. The van der Waals surface area contributed by atoms with E-state index in [-0.39, 0.29) is 0 Å². The standard InChI is InChI=1S/C17H31N5/c1-2-4-17(5-3-1)16-22-14-12-20-10-8-18-6-7-19-9-11-21-13-15-22/h1-5,18-21H,6-16H2. The van der Waals surface area contributed by atoms with Gasteiger partial charge in [0.15, 0.2) is 0 Å². The van der Waals surface area contributed by atoms with E-state index < -0.39 is 0 Å². The van der Waals surface area contributed by atoms with E-state index in [0.717, 1.165) is 72.0 Å². The van der Waals surface area contributed by atoms with Crippen molar-refractivity contribution in [1.29, 1.82) is 0 Å². The van der Waals surface area contributed by atoms with Gasteiger partial charge in [-0.05, 0) is 5.56 Å². The predicted octanol–water partition coefficient (Wildman–Crippen LogP) is -0.139. The third-order valence-corrected chi connectivity index (χ3v) is 3.89. The minimum Gasteiger partial charge on any atom is -0.314 e. The first kappa shape index (κ1) is 17.4. The molecular weight excluding hydrogens is 274 g/mol. The summed E-state index contributed by atoms with van der Waals surface area (Å²) in [7, 11) is 0. The highest BCUT2D eigenvalue weighted by Gasteiger charge is 2.05. The van der Waals surface area contributed by atoms with Gasteiger partial charge in [0.2, 0.25) is 0 Å². The molecule has 0 radical (unpaired) electrons. The van der Waals surface area contributed by atoms with Crippen LogP contribution in [0.4, 0.5) is 0 Å². The van der Waals surface area contributed by atoms with Crippen molar-refractivity contribution < 1.29 is 0 Å². The lowest BCUT2D eigenvalue weighted by Gasteiger charge is -2.23. The molecule has 0 unspecified atom stereocenters. The Balaban J connectivity index is 1.77. The summed E-state index contributed by atoms with van der Waals surface area (Å²) in [5, 5.41) is 13.9. The summed E-state index contributed by atoms with van der Waals surface area (Å²) in [5.74, 6) is 0. The summed E-state index contributed by atoms with van der Waals surface area (Å²) >= 11 is 0. The van der Waals surface area contributed by atoms with Gasteiger partial charge in [0, 0.05) is 72.0 Å². The van der Waals surface area contributed by atoms with Crippen molar-refractivity contribution in [3.8, 4) is 0 Å². The molecule has 0 bridgehead atoms. The molecule has 1 heterocycles. The molecule has 0 saturated carbocycles. The van der Waals surface area contributed by atoms with Gasteiger partial charge in [0.1, 0.15) is 0 Å². The van der Waals surface area contributed by atoms with E-state index in [1.165, 1.54) is 5.56 Å². The first-order valence-electron chi connectivity index (χ1n) is 8.54. The minimum absolute atomic E-state index is 1.03. The smallest absolute Gasteiger partial charge is 0.0234 e. The Labute approximate surface area is 134 Å². The van der Waals surface area contributed by atoms with E-state index in [1.54, 1.807) is 0 Å². The highest BCUT2D eigenvalue weighted by molar-refractivity contribution is 5.14. The first-order chi connectivity index (χ1) is 10.9. The highest BCUT2D eigenvalue weighted by Crippen LogP contribution is 2.03. The molecule has 5 heteroatoms. The predicted molar refractivity (Wildman–Crippen MR) is 93.2 cm³/mol. The molecule has 1 aromatic rings. The van der Waals surface area contributed by atoms with Crippen LogP contribution >= 0.6 is 0 Å². The molecule has 1 aliphatic heterocycles. The summed E-state index contributed by atoms with van der Waals surface area (Å²) in [6, 6.07) is 10.8.